The van der Waals surface area contributed by atoms with Crippen molar-refractivity contribution in [3.05, 3.63) is 35.3 Å². The van der Waals surface area contributed by atoms with E-state index < -0.39 is 0 Å². The zero-order chi connectivity index (χ0) is 11.0. The molecule has 3 nitrogen and oxygen atoms in total. The van der Waals surface area contributed by atoms with Gasteiger partial charge in [-0.1, -0.05) is 18.2 Å². The molecule has 1 aromatic carbocycles. The molecule has 0 N–H and O–H groups in total. The molecule has 1 heterocycles. The zero-order valence-electron chi connectivity index (χ0n) is 9.03. The molecule has 0 aliphatic carbocycles. The van der Waals surface area contributed by atoms with Crippen LogP contribution < -0.4 is 0 Å². The third-order valence-corrected chi connectivity index (χ3v) is 2.43. The van der Waals surface area contributed by atoms with Gasteiger partial charge in [-0.2, -0.15) is 0 Å². The summed E-state index contributed by atoms with van der Waals surface area (Å²) in [6.07, 6.45) is 0. The van der Waals surface area contributed by atoms with E-state index in [1.807, 2.05) is 32.0 Å². The number of carbonyl (C=O) groups is 1. The van der Waals surface area contributed by atoms with Gasteiger partial charge in [0.15, 0.2) is 11.6 Å². The number of para-hydroxylation sites is 1. The van der Waals surface area contributed by atoms with Gasteiger partial charge in [-0.3, -0.25) is 4.79 Å². The molecule has 15 heavy (non-hydrogen) atoms. The van der Waals surface area contributed by atoms with Crippen LogP contribution in [0.25, 0.3) is 10.9 Å². The maximum atomic E-state index is 11.2. The molecule has 3 heteroatoms. The Labute approximate surface area is 88.2 Å². The molecule has 0 amide bonds. The number of hydrogen-bond acceptors (Lipinski definition) is 3. The van der Waals surface area contributed by atoms with Gasteiger partial charge in [0.05, 0.1) is 5.52 Å². The van der Waals surface area contributed by atoms with E-state index in [2.05, 4.69) is 9.97 Å². The van der Waals surface area contributed by atoms with Crippen LogP contribution in [0, 0.1) is 13.8 Å². The van der Waals surface area contributed by atoms with Crippen LogP contribution in [0.1, 0.15) is 28.8 Å². The van der Waals surface area contributed by atoms with Gasteiger partial charge < -0.3 is 0 Å². The Bertz CT molecular complexity index is 547. The predicted octanol–water partition coefficient (Wildman–Crippen LogP) is 2.45. The molecule has 0 unspecified atom stereocenters. The van der Waals surface area contributed by atoms with Crippen LogP contribution in [0.2, 0.25) is 0 Å². The normalized spacial score (nSPS) is 10.6. The van der Waals surface area contributed by atoms with Crippen LogP contribution in [0.5, 0.6) is 0 Å². The summed E-state index contributed by atoms with van der Waals surface area (Å²) in [7, 11) is 0. The van der Waals surface area contributed by atoms with Crippen molar-refractivity contribution in [3.8, 4) is 0 Å². The minimum Gasteiger partial charge on any atom is -0.291 e. The lowest BCUT2D eigenvalue weighted by molar-refractivity contribution is 0.100. The first kappa shape index (κ1) is 9.77. The Morgan fingerprint density at radius 2 is 1.93 bits per heavy atom. The highest BCUT2D eigenvalue weighted by atomic mass is 16.1. The maximum Gasteiger partial charge on any atom is 0.196 e. The summed E-state index contributed by atoms with van der Waals surface area (Å²) in [5.74, 6) is 0.206. The van der Waals surface area contributed by atoms with Gasteiger partial charge >= 0.3 is 0 Å². The Morgan fingerprint density at radius 1 is 1.20 bits per heavy atom. The highest BCUT2D eigenvalue weighted by Crippen LogP contribution is 2.18. The maximum absolute atomic E-state index is 11.2. The Kier molecular flexibility index (Phi) is 2.23. The topological polar surface area (TPSA) is 42.9 Å². The molecule has 0 fully saturated rings. The molecule has 2 aromatic rings. The largest absolute Gasteiger partial charge is 0.291 e. The Hall–Kier alpha value is -1.77. The van der Waals surface area contributed by atoms with Crippen molar-refractivity contribution in [1.82, 2.24) is 9.97 Å². The highest BCUT2D eigenvalue weighted by molar-refractivity contribution is 5.93. The van der Waals surface area contributed by atoms with Gasteiger partial charge in [-0.25, -0.2) is 9.97 Å². The lowest BCUT2D eigenvalue weighted by Gasteiger charge is -2.05. The van der Waals surface area contributed by atoms with E-state index in [1.165, 1.54) is 6.92 Å². The highest BCUT2D eigenvalue weighted by Gasteiger charge is 2.08. The number of aromatic nitrogens is 2. The molecule has 1 aromatic heterocycles. The van der Waals surface area contributed by atoms with E-state index in [9.17, 15) is 4.79 Å². The number of benzene rings is 1. The van der Waals surface area contributed by atoms with Gasteiger partial charge in [-0.05, 0) is 19.4 Å². The quantitative estimate of drug-likeness (QED) is 0.664. The standard InChI is InChI=1S/C12H12N2O/c1-7-5-4-6-10-8(2)13-12(9(3)15)14-11(7)10/h4-6H,1-3H3. The lowest BCUT2D eigenvalue weighted by atomic mass is 10.1. The first-order valence-corrected chi connectivity index (χ1v) is 4.84. The van der Waals surface area contributed by atoms with E-state index in [1.54, 1.807) is 0 Å². The third-order valence-electron chi connectivity index (χ3n) is 2.43. The van der Waals surface area contributed by atoms with Gasteiger partial charge in [0.1, 0.15) is 0 Å². The Balaban J connectivity index is 2.85. The van der Waals surface area contributed by atoms with Crippen LogP contribution in [0.15, 0.2) is 18.2 Å². The predicted molar refractivity (Wildman–Crippen MR) is 59.0 cm³/mol. The van der Waals surface area contributed by atoms with Crippen LogP contribution in [0.4, 0.5) is 0 Å². The molecule has 0 saturated heterocycles. The van der Waals surface area contributed by atoms with Crippen molar-refractivity contribution in [3.63, 3.8) is 0 Å². The van der Waals surface area contributed by atoms with E-state index in [-0.39, 0.29) is 5.78 Å². The summed E-state index contributed by atoms with van der Waals surface area (Å²) in [5.41, 5.74) is 2.80. The number of hydrogen-bond donors (Lipinski definition) is 0. The number of fused-ring (bicyclic) bond motifs is 1. The second-order valence-electron chi connectivity index (χ2n) is 3.66. The fourth-order valence-corrected chi connectivity index (χ4v) is 1.61. The SMILES string of the molecule is CC(=O)c1nc(C)c2cccc(C)c2n1. The minimum absolute atomic E-state index is 0.0942. The molecule has 76 valence electrons. The smallest absolute Gasteiger partial charge is 0.196 e. The van der Waals surface area contributed by atoms with Gasteiger partial charge in [-0.15, -0.1) is 0 Å². The van der Waals surface area contributed by atoms with Crippen molar-refractivity contribution in [2.45, 2.75) is 20.8 Å². The first-order chi connectivity index (χ1) is 7.09. The molecule has 0 bridgehead atoms. The number of ketones is 1. The Morgan fingerprint density at radius 3 is 2.60 bits per heavy atom. The second-order valence-corrected chi connectivity index (χ2v) is 3.66. The molecule has 2 rings (SSSR count). The zero-order valence-corrected chi connectivity index (χ0v) is 9.03. The first-order valence-electron chi connectivity index (χ1n) is 4.84. The molecular formula is C12H12N2O. The summed E-state index contributed by atoms with van der Waals surface area (Å²) in [6.45, 7) is 5.37. The molecule has 0 aliphatic rings. The molecule has 0 aliphatic heterocycles. The fraction of sp³-hybridized carbons (Fsp3) is 0.250. The van der Waals surface area contributed by atoms with Crippen LogP contribution in [0.3, 0.4) is 0 Å². The van der Waals surface area contributed by atoms with E-state index in [4.69, 9.17) is 0 Å². The summed E-state index contributed by atoms with van der Waals surface area (Å²) in [6, 6.07) is 5.93. The van der Waals surface area contributed by atoms with E-state index in [0.717, 1.165) is 22.2 Å². The number of aryl methyl sites for hydroxylation is 2. The van der Waals surface area contributed by atoms with Crippen molar-refractivity contribution in [2.75, 3.05) is 0 Å². The number of nitrogens with zero attached hydrogens (tertiary/aromatic N) is 2. The average molecular weight is 200 g/mol. The number of rotatable bonds is 1. The summed E-state index contributed by atoms with van der Waals surface area (Å²) in [5, 5.41) is 1.01. The molecular weight excluding hydrogens is 188 g/mol. The van der Waals surface area contributed by atoms with Crippen molar-refractivity contribution in [1.29, 1.82) is 0 Å². The summed E-state index contributed by atoms with van der Waals surface area (Å²) >= 11 is 0. The average Bonchev–Trinajstić information content (AvgIpc) is 2.19. The van der Waals surface area contributed by atoms with Gasteiger partial charge in [0, 0.05) is 18.0 Å². The van der Waals surface area contributed by atoms with Crippen LogP contribution in [-0.4, -0.2) is 15.8 Å². The summed E-state index contributed by atoms with van der Waals surface area (Å²) < 4.78 is 0. The van der Waals surface area contributed by atoms with Crippen molar-refractivity contribution in [2.24, 2.45) is 0 Å². The number of Topliss-reactive ketones (excluding diaryl/α,β-unsaturated/α-hetero) is 1. The third kappa shape index (κ3) is 1.61. The lowest BCUT2D eigenvalue weighted by Crippen LogP contribution is -2.03. The molecule has 0 spiro atoms. The van der Waals surface area contributed by atoms with Crippen LogP contribution in [-0.2, 0) is 0 Å². The summed E-state index contributed by atoms with van der Waals surface area (Å²) in [4.78, 5) is 19.7. The second kappa shape index (κ2) is 3.42. The monoisotopic (exact) mass is 200 g/mol. The van der Waals surface area contributed by atoms with E-state index >= 15 is 0 Å². The number of carbonyl (C=O) groups excluding carboxylic acids is 1. The fourth-order valence-electron chi connectivity index (χ4n) is 1.61. The van der Waals surface area contributed by atoms with Gasteiger partial charge in [0.2, 0.25) is 0 Å². The molecule has 0 saturated carbocycles. The van der Waals surface area contributed by atoms with E-state index in [0.29, 0.717) is 5.82 Å². The van der Waals surface area contributed by atoms with Crippen LogP contribution >= 0.6 is 0 Å². The molecule has 0 radical (unpaired) electrons. The molecule has 0 atom stereocenters. The van der Waals surface area contributed by atoms with Gasteiger partial charge in [0.25, 0.3) is 0 Å². The minimum atomic E-state index is -0.0942. The van der Waals surface area contributed by atoms with Crippen molar-refractivity contribution < 1.29 is 4.79 Å². The van der Waals surface area contributed by atoms with Crippen molar-refractivity contribution >= 4 is 16.7 Å².